The highest BCUT2D eigenvalue weighted by molar-refractivity contribution is 5.66. The second kappa shape index (κ2) is 4.30. The second-order valence-electron chi connectivity index (χ2n) is 3.41. The first-order valence-electron chi connectivity index (χ1n) is 4.77. The van der Waals surface area contributed by atoms with Crippen LogP contribution >= 0.6 is 0 Å². The van der Waals surface area contributed by atoms with E-state index < -0.39 is 23.0 Å². The first-order chi connectivity index (χ1) is 8.13. The molecule has 2 aromatic rings. The number of nitriles is 1. The third kappa shape index (κ3) is 2.00. The first kappa shape index (κ1) is 11.2. The molecular formula is C13H6F3N. The molecule has 0 aliphatic rings. The van der Waals surface area contributed by atoms with E-state index in [2.05, 4.69) is 0 Å². The Morgan fingerprint density at radius 3 is 2.00 bits per heavy atom. The lowest BCUT2D eigenvalue weighted by atomic mass is 10.0. The molecule has 0 amide bonds. The molecule has 0 aromatic heterocycles. The van der Waals surface area contributed by atoms with Gasteiger partial charge in [0.15, 0.2) is 0 Å². The number of benzene rings is 2. The summed E-state index contributed by atoms with van der Waals surface area (Å²) in [6.45, 7) is 0. The molecule has 0 N–H and O–H groups in total. The van der Waals surface area contributed by atoms with E-state index >= 15 is 0 Å². The van der Waals surface area contributed by atoms with E-state index in [1.54, 1.807) is 6.07 Å². The highest BCUT2D eigenvalue weighted by Crippen LogP contribution is 2.28. The molecule has 0 saturated heterocycles. The fourth-order valence-electron chi connectivity index (χ4n) is 1.56. The summed E-state index contributed by atoms with van der Waals surface area (Å²) in [5, 5.41) is 8.55. The SMILES string of the molecule is N#Cc1cc(F)c(-c2ccccc2F)c(F)c1. The minimum absolute atomic E-state index is 0.139. The third-order valence-electron chi connectivity index (χ3n) is 2.31. The van der Waals surface area contributed by atoms with Crippen LogP contribution in [0.5, 0.6) is 0 Å². The largest absolute Gasteiger partial charge is 0.206 e. The molecule has 0 radical (unpaired) electrons. The van der Waals surface area contributed by atoms with Crippen LogP contribution in [0.1, 0.15) is 5.56 Å². The Bertz CT molecular complexity index is 591. The van der Waals surface area contributed by atoms with Crippen molar-refractivity contribution in [2.75, 3.05) is 0 Å². The topological polar surface area (TPSA) is 23.8 Å². The number of hydrogen-bond donors (Lipinski definition) is 0. The number of halogens is 3. The van der Waals surface area contributed by atoms with Crippen molar-refractivity contribution in [3.63, 3.8) is 0 Å². The van der Waals surface area contributed by atoms with Crippen LogP contribution in [0.15, 0.2) is 36.4 Å². The van der Waals surface area contributed by atoms with Gasteiger partial charge in [0.25, 0.3) is 0 Å². The van der Waals surface area contributed by atoms with E-state index in [-0.39, 0.29) is 11.1 Å². The zero-order valence-electron chi connectivity index (χ0n) is 8.55. The van der Waals surface area contributed by atoms with E-state index in [1.165, 1.54) is 18.2 Å². The monoisotopic (exact) mass is 233 g/mol. The average molecular weight is 233 g/mol. The number of rotatable bonds is 1. The fraction of sp³-hybridized carbons (Fsp3) is 0. The normalized spacial score (nSPS) is 10.0. The molecule has 0 aliphatic heterocycles. The van der Waals surface area contributed by atoms with E-state index in [0.29, 0.717) is 0 Å². The molecule has 4 heteroatoms. The van der Waals surface area contributed by atoms with Gasteiger partial charge in [-0.3, -0.25) is 0 Å². The maximum absolute atomic E-state index is 13.6. The number of nitrogens with zero attached hydrogens (tertiary/aromatic N) is 1. The van der Waals surface area contributed by atoms with Gasteiger partial charge in [-0.05, 0) is 18.2 Å². The Morgan fingerprint density at radius 1 is 0.882 bits per heavy atom. The van der Waals surface area contributed by atoms with Crippen LogP contribution in [0.3, 0.4) is 0 Å². The lowest BCUT2D eigenvalue weighted by Crippen LogP contribution is -1.94. The van der Waals surface area contributed by atoms with Gasteiger partial charge >= 0.3 is 0 Å². The van der Waals surface area contributed by atoms with Crippen LogP contribution in [0, 0.1) is 28.8 Å². The molecule has 2 rings (SSSR count). The second-order valence-corrected chi connectivity index (χ2v) is 3.41. The van der Waals surface area contributed by atoms with Gasteiger partial charge in [0.05, 0.1) is 17.2 Å². The van der Waals surface area contributed by atoms with Gasteiger partial charge in [0, 0.05) is 5.56 Å². The van der Waals surface area contributed by atoms with E-state index in [9.17, 15) is 13.2 Å². The van der Waals surface area contributed by atoms with Crippen LogP contribution in [-0.2, 0) is 0 Å². The molecule has 0 bridgehead atoms. The van der Waals surface area contributed by atoms with Gasteiger partial charge in [-0.1, -0.05) is 18.2 Å². The summed E-state index contributed by atoms with van der Waals surface area (Å²) in [7, 11) is 0. The lowest BCUT2D eigenvalue weighted by molar-refractivity contribution is 0.581. The van der Waals surface area contributed by atoms with Gasteiger partial charge in [-0.25, -0.2) is 13.2 Å². The van der Waals surface area contributed by atoms with Gasteiger partial charge in [0.2, 0.25) is 0 Å². The van der Waals surface area contributed by atoms with E-state index in [4.69, 9.17) is 5.26 Å². The van der Waals surface area contributed by atoms with Crippen molar-refractivity contribution in [2.45, 2.75) is 0 Å². The highest BCUT2D eigenvalue weighted by Gasteiger charge is 2.16. The quantitative estimate of drug-likeness (QED) is 0.737. The summed E-state index contributed by atoms with van der Waals surface area (Å²) < 4.78 is 40.6. The van der Waals surface area contributed by atoms with Gasteiger partial charge in [0.1, 0.15) is 17.5 Å². The molecule has 0 spiro atoms. The maximum atomic E-state index is 13.6. The van der Waals surface area contributed by atoms with E-state index in [1.807, 2.05) is 0 Å². The van der Waals surface area contributed by atoms with Crippen LogP contribution in [0.4, 0.5) is 13.2 Å². The summed E-state index contributed by atoms with van der Waals surface area (Å²) >= 11 is 0. The van der Waals surface area contributed by atoms with Crippen molar-refractivity contribution in [2.24, 2.45) is 0 Å². The van der Waals surface area contributed by atoms with Crippen LogP contribution in [0.25, 0.3) is 11.1 Å². The summed E-state index contributed by atoms with van der Waals surface area (Å²) in [5.74, 6) is -2.62. The molecule has 84 valence electrons. The molecular weight excluding hydrogens is 227 g/mol. The average Bonchev–Trinajstić information content (AvgIpc) is 2.30. The third-order valence-corrected chi connectivity index (χ3v) is 2.31. The van der Waals surface area contributed by atoms with E-state index in [0.717, 1.165) is 18.2 Å². The molecule has 0 atom stereocenters. The first-order valence-corrected chi connectivity index (χ1v) is 4.77. The van der Waals surface area contributed by atoms with Crippen molar-refractivity contribution >= 4 is 0 Å². The predicted octanol–water partition coefficient (Wildman–Crippen LogP) is 3.64. The maximum Gasteiger partial charge on any atom is 0.135 e. The molecule has 2 aromatic carbocycles. The molecule has 0 saturated carbocycles. The van der Waals surface area contributed by atoms with Crippen LogP contribution in [0.2, 0.25) is 0 Å². The van der Waals surface area contributed by atoms with Crippen LogP contribution < -0.4 is 0 Å². The molecule has 0 fully saturated rings. The fourth-order valence-corrected chi connectivity index (χ4v) is 1.56. The number of hydrogen-bond acceptors (Lipinski definition) is 1. The zero-order valence-corrected chi connectivity index (χ0v) is 8.55. The highest BCUT2D eigenvalue weighted by atomic mass is 19.1. The minimum Gasteiger partial charge on any atom is -0.206 e. The predicted molar refractivity (Wildman–Crippen MR) is 56.5 cm³/mol. The molecule has 1 nitrogen and oxygen atoms in total. The summed E-state index contributed by atoms with van der Waals surface area (Å²) in [6.07, 6.45) is 0. The van der Waals surface area contributed by atoms with Crippen molar-refractivity contribution in [3.8, 4) is 17.2 Å². The Balaban J connectivity index is 2.70. The molecule has 17 heavy (non-hydrogen) atoms. The van der Waals surface area contributed by atoms with Crippen LogP contribution in [-0.4, -0.2) is 0 Å². The van der Waals surface area contributed by atoms with Crippen molar-refractivity contribution in [1.82, 2.24) is 0 Å². The Labute approximate surface area is 95.7 Å². The molecule has 0 aliphatic carbocycles. The summed E-state index contributed by atoms with van der Waals surface area (Å²) in [6, 6.07) is 8.70. The van der Waals surface area contributed by atoms with Crippen molar-refractivity contribution in [1.29, 1.82) is 5.26 Å². The molecule has 0 unspecified atom stereocenters. The zero-order chi connectivity index (χ0) is 12.4. The molecule has 0 heterocycles. The van der Waals surface area contributed by atoms with Crippen molar-refractivity contribution in [3.05, 3.63) is 59.4 Å². The van der Waals surface area contributed by atoms with Crippen molar-refractivity contribution < 1.29 is 13.2 Å². The summed E-state index contributed by atoms with van der Waals surface area (Å²) in [5.41, 5.74) is -0.755. The lowest BCUT2D eigenvalue weighted by Gasteiger charge is -2.06. The summed E-state index contributed by atoms with van der Waals surface area (Å²) in [4.78, 5) is 0. The standard InChI is InChI=1S/C13H6F3N/c14-10-4-2-1-3-9(10)13-11(15)5-8(7-17)6-12(13)16/h1-6H. The van der Waals surface area contributed by atoms with Gasteiger partial charge in [-0.2, -0.15) is 5.26 Å². The Morgan fingerprint density at radius 2 is 1.47 bits per heavy atom. The van der Waals surface area contributed by atoms with Gasteiger partial charge in [-0.15, -0.1) is 0 Å². The van der Waals surface area contributed by atoms with Gasteiger partial charge < -0.3 is 0 Å². The Hall–Kier alpha value is -2.28. The Kier molecular flexibility index (Phi) is 2.84. The smallest absolute Gasteiger partial charge is 0.135 e. The minimum atomic E-state index is -0.952.